The molecule has 8 nitrogen and oxygen atoms in total. The van der Waals surface area contributed by atoms with Crippen molar-refractivity contribution in [3.8, 4) is 11.5 Å². The Hall–Kier alpha value is -2.95. The highest BCUT2D eigenvalue weighted by Crippen LogP contribution is 2.35. The van der Waals surface area contributed by atoms with Crippen LogP contribution >= 0.6 is 22.6 Å². The van der Waals surface area contributed by atoms with Crippen molar-refractivity contribution < 1.29 is 19.4 Å². The lowest BCUT2D eigenvalue weighted by Crippen LogP contribution is -2.25. The van der Waals surface area contributed by atoms with Gasteiger partial charge in [0, 0.05) is 5.92 Å². The Morgan fingerprint density at radius 2 is 2.03 bits per heavy atom. The molecule has 0 saturated heterocycles. The molecule has 0 spiro atoms. The summed E-state index contributed by atoms with van der Waals surface area (Å²) >= 11 is 2.08. The van der Waals surface area contributed by atoms with Gasteiger partial charge in [-0.25, -0.2) is 9.78 Å². The number of para-hydroxylation sites is 1. The van der Waals surface area contributed by atoms with Crippen LogP contribution in [0.25, 0.3) is 10.9 Å². The van der Waals surface area contributed by atoms with Gasteiger partial charge in [0.25, 0.3) is 5.56 Å². The maximum Gasteiger partial charge on any atom is 0.344 e. The first kappa shape index (κ1) is 25.2. The average Bonchev–Trinajstić information content (AvgIpc) is 2.86. The summed E-state index contributed by atoms with van der Waals surface area (Å²) in [6, 6.07) is 10.9. The molecule has 184 valence electrons. The topological polar surface area (TPSA) is 103 Å². The van der Waals surface area contributed by atoms with Crippen molar-refractivity contribution in [2.45, 2.75) is 58.0 Å². The fraction of sp³-hybridized carbons (Fsp3) is 0.385. The van der Waals surface area contributed by atoms with Gasteiger partial charge < -0.3 is 14.6 Å². The van der Waals surface area contributed by atoms with Crippen molar-refractivity contribution in [1.29, 1.82) is 0 Å². The molecule has 1 saturated carbocycles. The van der Waals surface area contributed by atoms with Crippen LogP contribution in [0, 0.1) is 3.57 Å². The Morgan fingerprint density at radius 1 is 1.29 bits per heavy atom. The number of ether oxygens (including phenoxy) is 2. The number of nitrogens with zero attached hydrogens (tertiary/aromatic N) is 3. The van der Waals surface area contributed by atoms with E-state index >= 15 is 0 Å². The van der Waals surface area contributed by atoms with Crippen molar-refractivity contribution in [2.24, 2.45) is 5.10 Å². The maximum atomic E-state index is 13.4. The molecule has 4 rings (SSSR count). The van der Waals surface area contributed by atoms with Crippen molar-refractivity contribution >= 4 is 45.7 Å². The summed E-state index contributed by atoms with van der Waals surface area (Å²) in [6.45, 7) is 3.69. The number of aliphatic carboxylic acids is 1. The van der Waals surface area contributed by atoms with E-state index < -0.39 is 12.1 Å². The quantitative estimate of drug-likeness (QED) is 0.287. The Balaban J connectivity index is 1.76. The van der Waals surface area contributed by atoms with Crippen LogP contribution in [0.5, 0.6) is 11.5 Å². The molecule has 1 aliphatic rings. The van der Waals surface area contributed by atoms with Crippen LogP contribution in [-0.4, -0.2) is 39.7 Å². The van der Waals surface area contributed by atoms with Gasteiger partial charge in [-0.15, -0.1) is 0 Å². The molecule has 2 aromatic carbocycles. The van der Waals surface area contributed by atoms with E-state index in [9.17, 15) is 14.7 Å². The number of hydrogen-bond donors (Lipinski definition) is 1. The van der Waals surface area contributed by atoms with Crippen LogP contribution in [0.1, 0.15) is 63.3 Å². The molecular formula is C26H28IN3O5. The SMILES string of the molecule is CCOc1cc(C=Nn2c(C3CCCCC3)nc3ccccc3c2=O)cc(I)c1O[C@H](C)C(=O)O. The highest BCUT2D eigenvalue weighted by atomic mass is 127. The predicted octanol–water partition coefficient (Wildman–Crippen LogP) is 5.18. The van der Waals surface area contributed by atoms with Crippen molar-refractivity contribution in [2.75, 3.05) is 6.61 Å². The molecule has 0 radical (unpaired) electrons. The Kier molecular flexibility index (Phi) is 8.04. The van der Waals surface area contributed by atoms with Gasteiger partial charge >= 0.3 is 5.97 Å². The predicted molar refractivity (Wildman–Crippen MR) is 143 cm³/mol. The van der Waals surface area contributed by atoms with E-state index in [2.05, 4.69) is 27.7 Å². The third-order valence-electron chi connectivity index (χ3n) is 6.05. The highest BCUT2D eigenvalue weighted by Gasteiger charge is 2.23. The lowest BCUT2D eigenvalue weighted by Gasteiger charge is -2.22. The number of hydrogen-bond acceptors (Lipinski definition) is 6. The second-order valence-electron chi connectivity index (χ2n) is 8.54. The Morgan fingerprint density at radius 3 is 2.74 bits per heavy atom. The molecule has 1 N–H and O–H groups in total. The second kappa shape index (κ2) is 11.2. The fourth-order valence-electron chi connectivity index (χ4n) is 4.27. The van der Waals surface area contributed by atoms with Gasteiger partial charge in [0.05, 0.1) is 27.3 Å². The maximum absolute atomic E-state index is 13.4. The molecule has 3 aromatic rings. The molecule has 35 heavy (non-hydrogen) atoms. The zero-order valence-electron chi connectivity index (χ0n) is 19.7. The molecule has 0 aliphatic heterocycles. The van der Waals surface area contributed by atoms with Crippen LogP contribution in [0.4, 0.5) is 0 Å². The van der Waals surface area contributed by atoms with Crippen LogP contribution in [0.3, 0.4) is 0 Å². The van der Waals surface area contributed by atoms with Gasteiger partial charge in [-0.05, 0) is 79.1 Å². The molecule has 1 atom stereocenters. The number of benzene rings is 2. The lowest BCUT2D eigenvalue weighted by molar-refractivity contribution is -0.144. The zero-order valence-corrected chi connectivity index (χ0v) is 21.9. The third-order valence-corrected chi connectivity index (χ3v) is 6.85. The van der Waals surface area contributed by atoms with Crippen molar-refractivity contribution in [3.05, 3.63) is 61.7 Å². The van der Waals surface area contributed by atoms with Crippen LogP contribution in [0.15, 0.2) is 46.3 Å². The first-order chi connectivity index (χ1) is 16.9. The van der Waals surface area contributed by atoms with E-state index in [-0.39, 0.29) is 11.5 Å². The number of rotatable bonds is 8. The summed E-state index contributed by atoms with van der Waals surface area (Å²) in [4.78, 5) is 29.5. The minimum absolute atomic E-state index is 0.186. The van der Waals surface area contributed by atoms with E-state index in [0.717, 1.165) is 25.7 Å². The largest absolute Gasteiger partial charge is 0.490 e. The van der Waals surface area contributed by atoms with E-state index in [1.54, 1.807) is 18.3 Å². The van der Waals surface area contributed by atoms with Gasteiger partial charge in [0.1, 0.15) is 5.82 Å². The minimum Gasteiger partial charge on any atom is -0.490 e. The molecule has 0 bridgehead atoms. The van der Waals surface area contributed by atoms with Crippen LogP contribution in [0.2, 0.25) is 0 Å². The standard InChI is InChI=1S/C26H28IN3O5/c1-3-34-22-14-17(13-20(27)23(22)35-16(2)26(32)33)15-28-30-24(18-9-5-4-6-10-18)29-21-12-8-7-11-19(21)25(30)31/h7-8,11-16,18H,3-6,9-10H2,1-2H3,(H,32,33)/t16-/m1/s1. The molecule has 9 heteroatoms. The van der Waals surface area contributed by atoms with Gasteiger partial charge in [-0.1, -0.05) is 31.4 Å². The fourth-order valence-corrected chi connectivity index (χ4v) is 5.02. The summed E-state index contributed by atoms with van der Waals surface area (Å²) in [5.74, 6) is 0.606. The number of halogens is 1. The van der Waals surface area contributed by atoms with E-state index in [1.807, 2.05) is 31.2 Å². The molecule has 1 heterocycles. The van der Waals surface area contributed by atoms with Gasteiger partial charge in [-0.2, -0.15) is 9.78 Å². The zero-order chi connectivity index (χ0) is 24.9. The molecule has 0 unspecified atom stereocenters. The second-order valence-corrected chi connectivity index (χ2v) is 9.71. The highest BCUT2D eigenvalue weighted by molar-refractivity contribution is 14.1. The van der Waals surface area contributed by atoms with Gasteiger partial charge in [0.2, 0.25) is 0 Å². The molecule has 1 aromatic heterocycles. The first-order valence-corrected chi connectivity index (χ1v) is 12.9. The van der Waals surface area contributed by atoms with Crippen LogP contribution < -0.4 is 15.0 Å². The first-order valence-electron chi connectivity index (χ1n) is 11.8. The lowest BCUT2D eigenvalue weighted by atomic mass is 9.88. The van der Waals surface area contributed by atoms with E-state index in [4.69, 9.17) is 14.5 Å². The number of carboxylic acid groups (broad SMARTS) is 1. The molecular weight excluding hydrogens is 561 g/mol. The Bertz CT molecular complexity index is 1310. The van der Waals surface area contributed by atoms with Crippen LogP contribution in [-0.2, 0) is 4.79 Å². The summed E-state index contributed by atoms with van der Waals surface area (Å²) in [5.41, 5.74) is 1.19. The molecule has 1 fully saturated rings. The van der Waals surface area contributed by atoms with Gasteiger partial charge in [-0.3, -0.25) is 4.79 Å². The summed E-state index contributed by atoms with van der Waals surface area (Å²) in [6.07, 6.45) is 5.99. The van der Waals surface area contributed by atoms with Gasteiger partial charge in [0.15, 0.2) is 17.6 Å². The summed E-state index contributed by atoms with van der Waals surface area (Å²) < 4.78 is 13.5. The third kappa shape index (κ3) is 5.66. The number of carbonyl (C=O) groups is 1. The van der Waals surface area contributed by atoms with Crippen molar-refractivity contribution in [3.63, 3.8) is 0 Å². The molecule has 1 aliphatic carbocycles. The van der Waals surface area contributed by atoms with Crippen molar-refractivity contribution in [1.82, 2.24) is 9.66 Å². The minimum atomic E-state index is -1.06. The average molecular weight is 589 g/mol. The number of fused-ring (bicyclic) bond motifs is 1. The normalized spacial score (nSPS) is 15.4. The number of carboxylic acids is 1. The number of aromatic nitrogens is 2. The van der Waals surface area contributed by atoms with E-state index in [0.29, 0.717) is 44.0 Å². The summed E-state index contributed by atoms with van der Waals surface area (Å²) in [5, 5.41) is 14.3. The monoisotopic (exact) mass is 589 g/mol. The molecule has 0 amide bonds. The smallest absolute Gasteiger partial charge is 0.344 e. The van der Waals surface area contributed by atoms with E-state index in [1.165, 1.54) is 18.0 Å². The summed E-state index contributed by atoms with van der Waals surface area (Å²) in [7, 11) is 0. The Labute approximate surface area is 217 Å².